The van der Waals surface area contributed by atoms with Gasteiger partial charge in [0, 0.05) is 18.3 Å². The van der Waals surface area contributed by atoms with E-state index in [4.69, 9.17) is 0 Å². The molecule has 0 saturated carbocycles. The SMILES string of the molecule is CC.CC(C)C#Cc1cncnc1. The van der Waals surface area contributed by atoms with Crippen LogP contribution in [0.1, 0.15) is 33.3 Å². The van der Waals surface area contributed by atoms with E-state index < -0.39 is 0 Å². The van der Waals surface area contributed by atoms with Gasteiger partial charge in [0.15, 0.2) is 0 Å². The summed E-state index contributed by atoms with van der Waals surface area (Å²) in [4.78, 5) is 7.70. The molecule has 0 aromatic carbocycles. The molecule has 0 radical (unpaired) electrons. The standard InChI is InChI=1S/C9H10N2.C2H6/c1-8(2)3-4-9-5-10-7-11-6-9;1-2/h5-8H,1-2H3;1-2H3. The van der Waals surface area contributed by atoms with Crippen LogP contribution >= 0.6 is 0 Å². The molecule has 13 heavy (non-hydrogen) atoms. The fourth-order valence-electron chi connectivity index (χ4n) is 0.591. The molecule has 70 valence electrons. The summed E-state index contributed by atoms with van der Waals surface area (Å²) in [5.41, 5.74) is 0.876. The highest BCUT2D eigenvalue weighted by molar-refractivity contribution is 5.29. The van der Waals surface area contributed by atoms with Gasteiger partial charge in [-0.15, -0.1) is 0 Å². The van der Waals surface area contributed by atoms with Gasteiger partial charge >= 0.3 is 0 Å². The van der Waals surface area contributed by atoms with Crippen molar-refractivity contribution in [2.75, 3.05) is 0 Å². The Kier molecular flexibility index (Phi) is 6.53. The minimum absolute atomic E-state index is 0.398. The van der Waals surface area contributed by atoms with Gasteiger partial charge in [0.1, 0.15) is 6.33 Å². The molecule has 0 fully saturated rings. The largest absolute Gasteiger partial charge is 0.244 e. The van der Waals surface area contributed by atoms with Crippen molar-refractivity contribution >= 4 is 0 Å². The molecule has 2 nitrogen and oxygen atoms in total. The number of nitrogens with zero attached hydrogens (tertiary/aromatic N) is 2. The van der Waals surface area contributed by atoms with Gasteiger partial charge in [-0.2, -0.15) is 0 Å². The van der Waals surface area contributed by atoms with Crippen molar-refractivity contribution in [1.82, 2.24) is 9.97 Å². The van der Waals surface area contributed by atoms with Gasteiger partial charge in [-0.3, -0.25) is 0 Å². The third-order valence-corrected chi connectivity index (χ3v) is 1.07. The van der Waals surface area contributed by atoms with Crippen LogP contribution in [0.3, 0.4) is 0 Å². The van der Waals surface area contributed by atoms with Gasteiger partial charge in [0.25, 0.3) is 0 Å². The first-order valence-electron chi connectivity index (χ1n) is 4.55. The first-order valence-corrected chi connectivity index (χ1v) is 4.55. The molecule has 1 heterocycles. The van der Waals surface area contributed by atoms with Gasteiger partial charge in [-0.25, -0.2) is 9.97 Å². The smallest absolute Gasteiger partial charge is 0.115 e. The Labute approximate surface area is 80.4 Å². The van der Waals surface area contributed by atoms with E-state index >= 15 is 0 Å². The summed E-state index contributed by atoms with van der Waals surface area (Å²) in [5.74, 6) is 6.40. The van der Waals surface area contributed by atoms with Crippen LogP contribution in [-0.4, -0.2) is 9.97 Å². The first kappa shape index (κ1) is 11.6. The molecular weight excluding hydrogens is 160 g/mol. The Morgan fingerprint density at radius 1 is 1.15 bits per heavy atom. The maximum Gasteiger partial charge on any atom is 0.115 e. The molecular formula is C11H16N2. The maximum absolute atomic E-state index is 3.85. The summed E-state index contributed by atoms with van der Waals surface area (Å²) >= 11 is 0. The molecule has 2 heteroatoms. The van der Waals surface area contributed by atoms with Crippen molar-refractivity contribution in [2.45, 2.75) is 27.7 Å². The Bertz CT molecular complexity index is 267. The summed E-state index contributed by atoms with van der Waals surface area (Å²) in [6.45, 7) is 8.10. The van der Waals surface area contributed by atoms with E-state index in [-0.39, 0.29) is 0 Å². The molecule has 1 aromatic rings. The Balaban J connectivity index is 0.000000671. The summed E-state index contributed by atoms with van der Waals surface area (Å²) in [6, 6.07) is 0. The van der Waals surface area contributed by atoms with Crippen molar-refractivity contribution in [3.63, 3.8) is 0 Å². The van der Waals surface area contributed by atoms with Crippen LogP contribution in [0.25, 0.3) is 0 Å². The van der Waals surface area contributed by atoms with Crippen molar-refractivity contribution in [3.8, 4) is 11.8 Å². The maximum atomic E-state index is 3.85. The summed E-state index contributed by atoms with van der Waals surface area (Å²) in [6.07, 6.45) is 4.92. The molecule has 0 spiro atoms. The lowest BCUT2D eigenvalue weighted by atomic mass is 10.2. The lowest BCUT2D eigenvalue weighted by Gasteiger charge is -1.87. The van der Waals surface area contributed by atoms with E-state index in [0.717, 1.165) is 5.56 Å². The normalized spacial score (nSPS) is 8.08. The first-order chi connectivity index (χ1) is 6.29. The lowest BCUT2D eigenvalue weighted by Crippen LogP contribution is -1.82. The van der Waals surface area contributed by atoms with E-state index in [2.05, 4.69) is 35.7 Å². The van der Waals surface area contributed by atoms with Gasteiger partial charge in [0.05, 0.1) is 5.56 Å². The van der Waals surface area contributed by atoms with Gasteiger partial charge in [-0.05, 0) is 0 Å². The fraction of sp³-hybridized carbons (Fsp3) is 0.455. The topological polar surface area (TPSA) is 25.8 Å². The van der Waals surface area contributed by atoms with E-state index in [1.54, 1.807) is 12.4 Å². The Morgan fingerprint density at radius 2 is 1.69 bits per heavy atom. The van der Waals surface area contributed by atoms with Crippen molar-refractivity contribution in [3.05, 3.63) is 24.3 Å². The second kappa shape index (κ2) is 7.30. The Hall–Kier alpha value is -1.36. The minimum Gasteiger partial charge on any atom is -0.244 e. The molecule has 0 unspecified atom stereocenters. The van der Waals surface area contributed by atoms with E-state index in [1.165, 1.54) is 6.33 Å². The van der Waals surface area contributed by atoms with Crippen molar-refractivity contribution in [1.29, 1.82) is 0 Å². The molecule has 0 aliphatic heterocycles. The minimum atomic E-state index is 0.398. The molecule has 0 N–H and O–H groups in total. The summed E-state index contributed by atoms with van der Waals surface area (Å²) in [7, 11) is 0. The third-order valence-electron chi connectivity index (χ3n) is 1.07. The molecule has 0 bridgehead atoms. The molecule has 0 aliphatic carbocycles. The van der Waals surface area contributed by atoms with Crippen molar-refractivity contribution < 1.29 is 0 Å². The van der Waals surface area contributed by atoms with Crippen LogP contribution in [-0.2, 0) is 0 Å². The van der Waals surface area contributed by atoms with Crippen LogP contribution in [0.2, 0.25) is 0 Å². The molecule has 0 atom stereocenters. The number of aromatic nitrogens is 2. The monoisotopic (exact) mass is 176 g/mol. The van der Waals surface area contributed by atoms with Crippen LogP contribution in [0.5, 0.6) is 0 Å². The van der Waals surface area contributed by atoms with Gasteiger partial charge < -0.3 is 0 Å². The van der Waals surface area contributed by atoms with Gasteiger partial charge in [0.2, 0.25) is 0 Å². The fourth-order valence-corrected chi connectivity index (χ4v) is 0.591. The van der Waals surface area contributed by atoms with Crippen LogP contribution in [0.15, 0.2) is 18.7 Å². The van der Waals surface area contributed by atoms with E-state index in [0.29, 0.717) is 5.92 Å². The third kappa shape index (κ3) is 5.86. The van der Waals surface area contributed by atoms with E-state index in [1.807, 2.05) is 13.8 Å². The number of rotatable bonds is 0. The zero-order valence-corrected chi connectivity index (χ0v) is 8.70. The summed E-state index contributed by atoms with van der Waals surface area (Å²) in [5, 5.41) is 0. The second-order valence-corrected chi connectivity index (χ2v) is 2.55. The van der Waals surface area contributed by atoms with Crippen LogP contribution < -0.4 is 0 Å². The zero-order chi connectivity index (χ0) is 10.1. The highest BCUT2D eigenvalue weighted by atomic mass is 14.8. The summed E-state index contributed by atoms with van der Waals surface area (Å²) < 4.78 is 0. The Morgan fingerprint density at radius 3 is 2.15 bits per heavy atom. The van der Waals surface area contributed by atoms with Gasteiger partial charge in [-0.1, -0.05) is 39.5 Å². The molecule has 0 amide bonds. The molecule has 1 rings (SSSR count). The predicted molar refractivity (Wildman–Crippen MR) is 55.1 cm³/mol. The number of hydrogen-bond acceptors (Lipinski definition) is 2. The van der Waals surface area contributed by atoms with Crippen molar-refractivity contribution in [2.24, 2.45) is 5.92 Å². The molecule has 0 saturated heterocycles. The predicted octanol–water partition coefficient (Wildman–Crippen LogP) is 2.51. The molecule has 1 aromatic heterocycles. The lowest BCUT2D eigenvalue weighted by molar-refractivity contribution is 0.866. The van der Waals surface area contributed by atoms with E-state index in [9.17, 15) is 0 Å². The highest BCUT2D eigenvalue weighted by Crippen LogP contribution is 1.91. The average Bonchev–Trinajstić information content (AvgIpc) is 2.19. The number of hydrogen-bond donors (Lipinski definition) is 0. The van der Waals surface area contributed by atoms with Crippen LogP contribution in [0, 0.1) is 17.8 Å². The zero-order valence-electron chi connectivity index (χ0n) is 8.70. The average molecular weight is 176 g/mol. The van der Waals surface area contributed by atoms with Crippen LogP contribution in [0.4, 0.5) is 0 Å². The second-order valence-electron chi connectivity index (χ2n) is 2.55. The molecule has 0 aliphatic rings. The quantitative estimate of drug-likeness (QED) is 0.568. The highest BCUT2D eigenvalue weighted by Gasteiger charge is 1.84.